The van der Waals surface area contributed by atoms with E-state index in [9.17, 15) is 0 Å². The van der Waals surface area contributed by atoms with Crippen LogP contribution in [-0.4, -0.2) is 4.57 Å². The largest absolute Gasteiger partial charge is 0.309 e. The van der Waals surface area contributed by atoms with Crippen molar-refractivity contribution in [1.82, 2.24) is 4.57 Å². The summed E-state index contributed by atoms with van der Waals surface area (Å²) in [5.41, 5.74) is 13.7. The average molecular weight is 628 g/mol. The van der Waals surface area contributed by atoms with E-state index in [4.69, 9.17) is 0 Å². The Hall–Kier alpha value is -5.83. The van der Waals surface area contributed by atoms with Crippen LogP contribution < -0.4 is 0 Å². The fourth-order valence-corrected chi connectivity index (χ4v) is 8.77. The quantitative estimate of drug-likeness (QED) is 0.188. The second-order valence-electron chi connectivity index (χ2n) is 12.5. The predicted molar refractivity (Wildman–Crippen MR) is 204 cm³/mol. The van der Waals surface area contributed by atoms with Gasteiger partial charge in [-0.05, 0) is 98.4 Å². The Morgan fingerprint density at radius 2 is 0.979 bits per heavy atom. The minimum atomic E-state index is 1.18. The molecule has 0 fully saturated rings. The van der Waals surface area contributed by atoms with Crippen LogP contribution in [-0.2, 0) is 0 Å². The molecule has 9 aromatic rings. The number of benzene rings is 8. The van der Waals surface area contributed by atoms with Gasteiger partial charge in [0.25, 0.3) is 0 Å². The Morgan fingerprint density at radius 1 is 0.333 bits per heavy atom. The minimum absolute atomic E-state index is 1.18. The van der Waals surface area contributed by atoms with Gasteiger partial charge < -0.3 is 4.57 Å². The molecule has 1 nitrogen and oxygen atoms in total. The lowest BCUT2D eigenvalue weighted by atomic mass is 9.90. The maximum atomic E-state index is 2.40. The van der Waals surface area contributed by atoms with Gasteiger partial charge in [-0.1, -0.05) is 139 Å². The molecular formula is C46H29NS. The smallest absolute Gasteiger partial charge is 0.0547 e. The molecule has 0 bridgehead atoms. The molecule has 2 heteroatoms. The summed E-state index contributed by atoms with van der Waals surface area (Å²) in [6.45, 7) is 0. The molecule has 0 radical (unpaired) electrons. The highest BCUT2D eigenvalue weighted by Crippen LogP contribution is 2.50. The van der Waals surface area contributed by atoms with Crippen LogP contribution in [0.1, 0.15) is 0 Å². The van der Waals surface area contributed by atoms with Gasteiger partial charge >= 0.3 is 0 Å². The van der Waals surface area contributed by atoms with Gasteiger partial charge in [0.2, 0.25) is 0 Å². The Morgan fingerprint density at radius 3 is 1.88 bits per heavy atom. The molecule has 1 aromatic heterocycles. The first kappa shape index (κ1) is 27.3. The second-order valence-corrected chi connectivity index (χ2v) is 13.6. The summed E-state index contributed by atoms with van der Waals surface area (Å²) in [5, 5.41) is 5.21. The Kier molecular flexibility index (Phi) is 6.18. The van der Waals surface area contributed by atoms with E-state index in [-0.39, 0.29) is 0 Å². The highest BCUT2D eigenvalue weighted by molar-refractivity contribution is 7.99. The van der Waals surface area contributed by atoms with Gasteiger partial charge in [-0.15, -0.1) is 0 Å². The first-order chi connectivity index (χ1) is 23.8. The van der Waals surface area contributed by atoms with E-state index < -0.39 is 0 Å². The maximum Gasteiger partial charge on any atom is 0.0547 e. The number of rotatable bonds is 4. The number of nitrogens with zero attached hydrogens (tertiary/aromatic N) is 1. The van der Waals surface area contributed by atoms with Crippen LogP contribution in [0.4, 0.5) is 0 Å². The minimum Gasteiger partial charge on any atom is -0.309 e. The van der Waals surface area contributed by atoms with Gasteiger partial charge in [-0.25, -0.2) is 0 Å². The van der Waals surface area contributed by atoms with E-state index in [2.05, 4.69) is 180 Å². The summed E-state index contributed by atoms with van der Waals surface area (Å²) in [7, 11) is 0. The first-order valence-electron chi connectivity index (χ1n) is 16.4. The zero-order valence-corrected chi connectivity index (χ0v) is 26.9. The molecule has 0 aliphatic carbocycles. The van der Waals surface area contributed by atoms with E-state index in [1.54, 1.807) is 0 Å². The Balaban J connectivity index is 1.12. The van der Waals surface area contributed by atoms with Crippen molar-refractivity contribution in [3.63, 3.8) is 0 Å². The Bertz CT molecular complexity index is 2690. The van der Waals surface area contributed by atoms with Crippen LogP contribution in [0.5, 0.6) is 0 Å². The van der Waals surface area contributed by atoms with Crippen LogP contribution in [0.25, 0.3) is 82.8 Å². The van der Waals surface area contributed by atoms with Gasteiger partial charge in [-0.3, -0.25) is 0 Å². The molecule has 0 N–H and O–H groups in total. The van der Waals surface area contributed by atoms with Crippen molar-refractivity contribution >= 4 is 44.3 Å². The maximum absolute atomic E-state index is 2.40. The lowest BCUT2D eigenvalue weighted by molar-refractivity contribution is 1.18. The van der Waals surface area contributed by atoms with Gasteiger partial charge in [0, 0.05) is 31.6 Å². The monoisotopic (exact) mass is 627 g/mol. The van der Waals surface area contributed by atoms with Crippen LogP contribution >= 0.6 is 11.8 Å². The molecule has 0 unspecified atom stereocenters. The van der Waals surface area contributed by atoms with Crippen molar-refractivity contribution in [3.05, 3.63) is 176 Å². The first-order valence-corrected chi connectivity index (χ1v) is 17.3. The summed E-state index contributed by atoms with van der Waals surface area (Å²) in [6.07, 6.45) is 0. The zero-order valence-electron chi connectivity index (χ0n) is 26.1. The summed E-state index contributed by atoms with van der Waals surface area (Å²) < 4.78 is 2.39. The van der Waals surface area contributed by atoms with Crippen molar-refractivity contribution in [2.24, 2.45) is 0 Å². The van der Waals surface area contributed by atoms with Gasteiger partial charge in [-0.2, -0.15) is 0 Å². The van der Waals surface area contributed by atoms with Crippen LogP contribution in [0.2, 0.25) is 0 Å². The van der Waals surface area contributed by atoms with E-state index in [0.717, 1.165) is 0 Å². The fourth-order valence-electron chi connectivity index (χ4n) is 7.66. The lowest BCUT2D eigenvalue weighted by Crippen LogP contribution is -1.95. The zero-order chi connectivity index (χ0) is 31.6. The van der Waals surface area contributed by atoms with Crippen molar-refractivity contribution < 1.29 is 0 Å². The molecule has 0 saturated heterocycles. The summed E-state index contributed by atoms with van der Waals surface area (Å²) in [5.74, 6) is 0. The van der Waals surface area contributed by atoms with Crippen molar-refractivity contribution in [1.29, 1.82) is 0 Å². The molecule has 0 spiro atoms. The van der Waals surface area contributed by atoms with E-state index in [1.165, 1.54) is 92.6 Å². The Labute approximate surface area is 283 Å². The molecular weight excluding hydrogens is 599 g/mol. The van der Waals surface area contributed by atoms with Gasteiger partial charge in [0.05, 0.1) is 11.0 Å². The number of para-hydroxylation sites is 2. The lowest BCUT2D eigenvalue weighted by Gasteiger charge is -2.22. The summed E-state index contributed by atoms with van der Waals surface area (Å²) >= 11 is 1.88. The van der Waals surface area contributed by atoms with Gasteiger partial charge in [0.15, 0.2) is 0 Å². The summed E-state index contributed by atoms with van der Waals surface area (Å²) in [4.78, 5) is 2.63. The third-order valence-corrected chi connectivity index (χ3v) is 10.9. The number of hydrogen-bond acceptors (Lipinski definition) is 1. The molecule has 1 aliphatic rings. The number of hydrogen-bond donors (Lipinski definition) is 0. The van der Waals surface area contributed by atoms with Crippen molar-refractivity contribution in [3.8, 4) is 50.2 Å². The molecule has 8 aromatic carbocycles. The summed E-state index contributed by atoms with van der Waals surface area (Å²) in [6, 6.07) is 64.4. The van der Waals surface area contributed by atoms with Crippen molar-refractivity contribution in [2.45, 2.75) is 9.79 Å². The molecule has 48 heavy (non-hydrogen) atoms. The van der Waals surface area contributed by atoms with Crippen LogP contribution in [0, 0.1) is 0 Å². The second kappa shape index (κ2) is 10.9. The number of fused-ring (bicyclic) bond motifs is 5. The van der Waals surface area contributed by atoms with E-state index in [0.29, 0.717) is 0 Å². The molecule has 224 valence electrons. The van der Waals surface area contributed by atoms with E-state index >= 15 is 0 Å². The fraction of sp³-hybridized carbons (Fsp3) is 0. The van der Waals surface area contributed by atoms with Crippen LogP contribution in [0.3, 0.4) is 0 Å². The number of aromatic nitrogens is 1. The molecule has 2 heterocycles. The molecule has 0 atom stereocenters. The molecule has 0 amide bonds. The standard InChI is InChI=1S/C46H29NS/c1-3-12-30(13-4-1)35-25-27-44-46-37(35)20-10-21-38(46)40-29-32(24-26-43(40)48-44)31-14-9-15-33(28-31)36-19-11-23-42-45(36)39-18-7-8-22-41(39)47(42)34-16-5-2-6-17-34/h1-29H. The molecule has 0 saturated carbocycles. The van der Waals surface area contributed by atoms with Crippen molar-refractivity contribution in [2.75, 3.05) is 0 Å². The van der Waals surface area contributed by atoms with Gasteiger partial charge in [0.1, 0.15) is 0 Å². The third kappa shape index (κ3) is 4.20. The molecule has 10 rings (SSSR count). The molecule has 1 aliphatic heterocycles. The average Bonchev–Trinajstić information content (AvgIpc) is 3.50. The topological polar surface area (TPSA) is 4.93 Å². The third-order valence-electron chi connectivity index (χ3n) is 9.80. The normalized spacial score (nSPS) is 12.1. The van der Waals surface area contributed by atoms with Crippen LogP contribution in [0.15, 0.2) is 186 Å². The highest BCUT2D eigenvalue weighted by atomic mass is 32.2. The van der Waals surface area contributed by atoms with E-state index in [1.807, 2.05) is 11.8 Å². The predicted octanol–water partition coefficient (Wildman–Crippen LogP) is 13.1. The SMILES string of the molecule is c1ccc(-c2ccc3c4c(cccc24)-c2cc(-c4cccc(-c5cccc6c5c5ccccc5n6-c5ccccc5)c4)ccc2S3)cc1. The highest BCUT2D eigenvalue weighted by Gasteiger charge is 2.22.